The van der Waals surface area contributed by atoms with E-state index in [-0.39, 0.29) is 6.10 Å². The summed E-state index contributed by atoms with van der Waals surface area (Å²) in [4.78, 5) is 13.1. The van der Waals surface area contributed by atoms with Crippen LogP contribution in [0.15, 0.2) is 30.7 Å². The number of aromatic nitrogens is 5. The SMILES string of the molecule is Cn1ncnc1[C@H]1CC[C@@H](Oc2nc(Cl)cc3ncccc23)CC1. The molecule has 0 aromatic carbocycles. The summed E-state index contributed by atoms with van der Waals surface area (Å²) >= 11 is 6.10. The van der Waals surface area contributed by atoms with E-state index < -0.39 is 0 Å². The van der Waals surface area contributed by atoms with Crippen LogP contribution in [-0.2, 0) is 7.05 Å². The number of pyridine rings is 2. The fourth-order valence-corrected chi connectivity index (χ4v) is 3.56. The maximum absolute atomic E-state index is 6.17. The fraction of sp³-hybridized carbons (Fsp3) is 0.412. The molecule has 1 saturated carbocycles. The van der Waals surface area contributed by atoms with Gasteiger partial charge in [-0.3, -0.25) is 9.67 Å². The lowest BCUT2D eigenvalue weighted by Gasteiger charge is -2.28. The number of aryl methyl sites for hydroxylation is 1. The summed E-state index contributed by atoms with van der Waals surface area (Å²) in [5.74, 6) is 2.08. The van der Waals surface area contributed by atoms with Crippen molar-refractivity contribution in [2.24, 2.45) is 7.05 Å². The molecule has 0 radical (unpaired) electrons. The van der Waals surface area contributed by atoms with Crippen LogP contribution in [0.4, 0.5) is 0 Å². The monoisotopic (exact) mass is 343 g/mol. The molecule has 24 heavy (non-hydrogen) atoms. The van der Waals surface area contributed by atoms with Crippen molar-refractivity contribution in [2.75, 3.05) is 0 Å². The number of hydrogen-bond donors (Lipinski definition) is 0. The first-order valence-electron chi connectivity index (χ1n) is 8.12. The van der Waals surface area contributed by atoms with Crippen LogP contribution >= 0.6 is 11.6 Å². The zero-order valence-electron chi connectivity index (χ0n) is 13.4. The van der Waals surface area contributed by atoms with Gasteiger partial charge in [-0.15, -0.1) is 0 Å². The van der Waals surface area contributed by atoms with E-state index in [1.165, 1.54) is 0 Å². The molecule has 0 atom stereocenters. The predicted molar refractivity (Wildman–Crippen MR) is 91.2 cm³/mol. The average Bonchev–Trinajstić information content (AvgIpc) is 3.01. The Morgan fingerprint density at radius 1 is 1.21 bits per heavy atom. The van der Waals surface area contributed by atoms with Gasteiger partial charge in [0.1, 0.15) is 23.4 Å². The zero-order valence-corrected chi connectivity index (χ0v) is 14.1. The molecular formula is C17H18ClN5O. The smallest absolute Gasteiger partial charge is 0.224 e. The van der Waals surface area contributed by atoms with Crippen LogP contribution in [0, 0.1) is 0 Å². The second-order valence-corrected chi connectivity index (χ2v) is 6.54. The van der Waals surface area contributed by atoms with E-state index in [1.54, 1.807) is 18.6 Å². The van der Waals surface area contributed by atoms with Gasteiger partial charge < -0.3 is 4.74 Å². The first kappa shape index (κ1) is 15.3. The quantitative estimate of drug-likeness (QED) is 0.681. The topological polar surface area (TPSA) is 65.7 Å². The highest BCUT2D eigenvalue weighted by molar-refractivity contribution is 6.30. The van der Waals surface area contributed by atoms with Gasteiger partial charge in [-0.25, -0.2) is 9.97 Å². The highest BCUT2D eigenvalue weighted by Crippen LogP contribution is 2.34. The largest absolute Gasteiger partial charge is 0.474 e. The lowest BCUT2D eigenvalue weighted by molar-refractivity contribution is 0.140. The molecule has 6 nitrogen and oxygen atoms in total. The molecule has 0 aliphatic heterocycles. The van der Waals surface area contributed by atoms with Crippen molar-refractivity contribution in [1.82, 2.24) is 24.7 Å². The Morgan fingerprint density at radius 2 is 2.04 bits per heavy atom. The Hall–Kier alpha value is -2.21. The maximum Gasteiger partial charge on any atom is 0.224 e. The molecule has 1 aliphatic carbocycles. The Morgan fingerprint density at radius 3 is 2.79 bits per heavy atom. The minimum Gasteiger partial charge on any atom is -0.474 e. The molecule has 3 aromatic rings. The summed E-state index contributed by atoms with van der Waals surface area (Å²) in [6, 6.07) is 5.61. The Labute approximate surface area is 144 Å². The van der Waals surface area contributed by atoms with Gasteiger partial charge in [0, 0.05) is 25.2 Å². The van der Waals surface area contributed by atoms with Crippen LogP contribution in [0.25, 0.3) is 10.9 Å². The van der Waals surface area contributed by atoms with Crippen molar-refractivity contribution in [1.29, 1.82) is 0 Å². The number of halogens is 1. The summed E-state index contributed by atoms with van der Waals surface area (Å²) in [6.45, 7) is 0. The summed E-state index contributed by atoms with van der Waals surface area (Å²) in [5, 5.41) is 5.47. The van der Waals surface area contributed by atoms with Crippen LogP contribution in [0.2, 0.25) is 5.15 Å². The molecule has 1 fully saturated rings. The van der Waals surface area contributed by atoms with E-state index >= 15 is 0 Å². The Balaban J connectivity index is 1.49. The van der Waals surface area contributed by atoms with Crippen LogP contribution in [0.3, 0.4) is 0 Å². The van der Waals surface area contributed by atoms with Gasteiger partial charge in [0.05, 0.1) is 10.9 Å². The lowest BCUT2D eigenvalue weighted by Crippen LogP contribution is -2.25. The number of ether oxygens (including phenoxy) is 1. The van der Waals surface area contributed by atoms with Crippen LogP contribution in [0.1, 0.15) is 37.4 Å². The van der Waals surface area contributed by atoms with E-state index in [0.717, 1.165) is 42.4 Å². The third-order valence-corrected chi connectivity index (χ3v) is 4.79. The maximum atomic E-state index is 6.17. The van der Waals surface area contributed by atoms with E-state index in [4.69, 9.17) is 16.3 Å². The number of rotatable bonds is 3. The number of nitrogens with zero attached hydrogens (tertiary/aromatic N) is 5. The Kier molecular flexibility index (Phi) is 4.06. The van der Waals surface area contributed by atoms with E-state index in [9.17, 15) is 0 Å². The van der Waals surface area contributed by atoms with Gasteiger partial charge in [0.25, 0.3) is 0 Å². The summed E-state index contributed by atoms with van der Waals surface area (Å²) in [7, 11) is 1.94. The summed E-state index contributed by atoms with van der Waals surface area (Å²) in [5.41, 5.74) is 0.806. The standard InChI is InChI=1S/C17H18ClN5O/c1-23-16(20-10-21-23)11-4-6-12(7-5-11)24-17-13-3-2-8-19-14(13)9-15(18)22-17/h2-3,8-12H,4-7H2,1H3/t11-,12+. The molecule has 3 heterocycles. The molecule has 0 unspecified atom stereocenters. The van der Waals surface area contributed by atoms with Crippen LogP contribution in [-0.4, -0.2) is 30.8 Å². The minimum absolute atomic E-state index is 0.142. The van der Waals surface area contributed by atoms with Crippen molar-refractivity contribution in [3.8, 4) is 5.88 Å². The third kappa shape index (κ3) is 2.94. The fourth-order valence-electron chi connectivity index (χ4n) is 3.38. The molecule has 0 amide bonds. The molecule has 124 valence electrons. The van der Waals surface area contributed by atoms with E-state index in [1.807, 2.05) is 23.9 Å². The van der Waals surface area contributed by atoms with Gasteiger partial charge in [-0.1, -0.05) is 11.6 Å². The van der Waals surface area contributed by atoms with Gasteiger partial charge in [0.2, 0.25) is 5.88 Å². The normalized spacial score (nSPS) is 21.1. The second kappa shape index (κ2) is 6.36. The van der Waals surface area contributed by atoms with Crippen LogP contribution < -0.4 is 4.74 Å². The molecular weight excluding hydrogens is 326 g/mol. The Bertz CT molecular complexity index is 857. The molecule has 4 rings (SSSR count). The summed E-state index contributed by atoms with van der Waals surface area (Å²) in [6.07, 6.45) is 7.51. The molecule has 0 N–H and O–H groups in total. The van der Waals surface area contributed by atoms with Crippen molar-refractivity contribution < 1.29 is 4.74 Å². The van der Waals surface area contributed by atoms with Crippen molar-refractivity contribution in [3.05, 3.63) is 41.7 Å². The van der Waals surface area contributed by atoms with E-state index in [2.05, 4.69) is 20.1 Å². The van der Waals surface area contributed by atoms with Gasteiger partial charge in [-0.2, -0.15) is 5.10 Å². The van der Waals surface area contributed by atoms with Crippen molar-refractivity contribution >= 4 is 22.5 Å². The van der Waals surface area contributed by atoms with Gasteiger partial charge >= 0.3 is 0 Å². The zero-order chi connectivity index (χ0) is 16.5. The molecule has 7 heteroatoms. The number of hydrogen-bond acceptors (Lipinski definition) is 5. The van der Waals surface area contributed by atoms with Gasteiger partial charge in [-0.05, 0) is 37.8 Å². The van der Waals surface area contributed by atoms with E-state index in [0.29, 0.717) is 17.0 Å². The first-order chi connectivity index (χ1) is 11.7. The van der Waals surface area contributed by atoms with Crippen molar-refractivity contribution in [2.45, 2.75) is 37.7 Å². The molecule has 3 aromatic heterocycles. The lowest BCUT2D eigenvalue weighted by atomic mass is 9.87. The highest BCUT2D eigenvalue weighted by Gasteiger charge is 2.27. The predicted octanol–water partition coefficient (Wildman–Crippen LogP) is 3.52. The minimum atomic E-state index is 0.142. The van der Waals surface area contributed by atoms with Crippen LogP contribution in [0.5, 0.6) is 5.88 Å². The molecule has 0 spiro atoms. The third-order valence-electron chi connectivity index (χ3n) is 4.60. The molecule has 0 bridgehead atoms. The first-order valence-corrected chi connectivity index (χ1v) is 8.50. The number of fused-ring (bicyclic) bond motifs is 1. The van der Waals surface area contributed by atoms with Gasteiger partial charge in [0.15, 0.2) is 0 Å². The molecule has 1 aliphatic rings. The highest BCUT2D eigenvalue weighted by atomic mass is 35.5. The second-order valence-electron chi connectivity index (χ2n) is 6.15. The average molecular weight is 344 g/mol. The summed E-state index contributed by atoms with van der Waals surface area (Å²) < 4.78 is 8.03. The van der Waals surface area contributed by atoms with Crippen molar-refractivity contribution in [3.63, 3.8) is 0 Å². The molecule has 0 saturated heterocycles.